The fourth-order valence-corrected chi connectivity index (χ4v) is 4.94. The Labute approximate surface area is 224 Å². The third kappa shape index (κ3) is 6.47. The van der Waals surface area contributed by atoms with E-state index in [9.17, 15) is 4.79 Å². The molecule has 38 heavy (non-hydrogen) atoms. The molecule has 0 unspecified atom stereocenters. The van der Waals surface area contributed by atoms with Crippen LogP contribution in [0.2, 0.25) is 0 Å². The predicted molar refractivity (Wildman–Crippen MR) is 155 cm³/mol. The number of amides is 1. The summed E-state index contributed by atoms with van der Waals surface area (Å²) in [5, 5.41) is 10.8. The summed E-state index contributed by atoms with van der Waals surface area (Å²) >= 11 is 0. The highest BCUT2D eigenvalue weighted by atomic mass is 16.1. The Morgan fingerprint density at radius 3 is 2.42 bits per heavy atom. The van der Waals surface area contributed by atoms with Crippen molar-refractivity contribution in [2.75, 3.05) is 35.6 Å². The molecule has 0 spiro atoms. The number of rotatable bonds is 9. The van der Waals surface area contributed by atoms with Gasteiger partial charge in [0.2, 0.25) is 11.9 Å². The zero-order chi connectivity index (χ0) is 26.3. The molecule has 4 aromatic rings. The lowest BCUT2D eigenvalue weighted by Gasteiger charge is -2.31. The molecule has 3 N–H and O–H groups in total. The Morgan fingerprint density at radius 1 is 0.921 bits per heavy atom. The maximum absolute atomic E-state index is 12.9. The van der Waals surface area contributed by atoms with E-state index in [4.69, 9.17) is 0 Å². The highest BCUT2D eigenvalue weighted by Crippen LogP contribution is 2.25. The number of anilines is 3. The van der Waals surface area contributed by atoms with Gasteiger partial charge in [0.1, 0.15) is 5.82 Å². The summed E-state index contributed by atoms with van der Waals surface area (Å²) in [4.78, 5) is 24.7. The van der Waals surface area contributed by atoms with Crippen molar-refractivity contribution < 1.29 is 4.79 Å². The summed E-state index contributed by atoms with van der Waals surface area (Å²) in [6.45, 7) is 8.33. The molecule has 0 aliphatic carbocycles. The third-order valence-electron chi connectivity index (χ3n) is 7.08. The van der Waals surface area contributed by atoms with E-state index in [0.717, 1.165) is 67.0 Å². The van der Waals surface area contributed by atoms with Gasteiger partial charge in [-0.15, -0.1) is 0 Å². The standard InChI is InChI=1S/C31H36N6O/c1-3-32-31-35-28-19-22(2)9-14-27(28)29(36-31)33-20-23-10-12-26(13-11-23)34-30(38)25-15-17-37(18-16-25)21-24-7-5-4-6-8-24/h4-14,19,25H,3,15-18,20-21H2,1-2H3,(H,34,38)(H2,32,33,35,36). The molecule has 5 rings (SSSR count). The van der Waals surface area contributed by atoms with E-state index in [-0.39, 0.29) is 11.8 Å². The van der Waals surface area contributed by atoms with Crippen molar-refractivity contribution in [2.24, 2.45) is 5.92 Å². The molecule has 7 nitrogen and oxygen atoms in total. The van der Waals surface area contributed by atoms with Gasteiger partial charge >= 0.3 is 0 Å². The van der Waals surface area contributed by atoms with Crippen molar-refractivity contribution in [1.82, 2.24) is 14.9 Å². The largest absolute Gasteiger partial charge is 0.365 e. The molecule has 0 atom stereocenters. The number of carbonyl (C=O) groups excluding carboxylic acids is 1. The molecule has 1 saturated heterocycles. The van der Waals surface area contributed by atoms with Crippen LogP contribution in [0.3, 0.4) is 0 Å². The zero-order valence-electron chi connectivity index (χ0n) is 22.2. The lowest BCUT2D eigenvalue weighted by atomic mass is 9.95. The van der Waals surface area contributed by atoms with Crippen LogP contribution in [-0.2, 0) is 17.9 Å². The van der Waals surface area contributed by atoms with Gasteiger partial charge in [0.05, 0.1) is 5.52 Å². The Bertz CT molecular complexity index is 1360. The topological polar surface area (TPSA) is 82.2 Å². The summed E-state index contributed by atoms with van der Waals surface area (Å²) in [5.74, 6) is 1.61. The van der Waals surface area contributed by atoms with Gasteiger partial charge in [0.25, 0.3) is 0 Å². The minimum absolute atomic E-state index is 0.0592. The molecular formula is C31H36N6O. The summed E-state index contributed by atoms with van der Waals surface area (Å²) in [5.41, 5.74) is 5.36. The number of benzene rings is 3. The molecule has 7 heteroatoms. The minimum atomic E-state index is 0.0592. The zero-order valence-corrected chi connectivity index (χ0v) is 22.2. The molecule has 2 heterocycles. The molecule has 196 valence electrons. The van der Waals surface area contributed by atoms with Crippen molar-refractivity contribution in [3.63, 3.8) is 0 Å². The van der Waals surface area contributed by atoms with Gasteiger partial charge in [-0.2, -0.15) is 4.98 Å². The molecule has 0 bridgehead atoms. The number of piperidine rings is 1. The van der Waals surface area contributed by atoms with Crippen molar-refractivity contribution in [3.8, 4) is 0 Å². The SMILES string of the molecule is CCNc1nc(NCc2ccc(NC(=O)C3CCN(Cc4ccccc4)CC3)cc2)c2ccc(C)cc2n1. The van der Waals surface area contributed by atoms with Crippen LogP contribution < -0.4 is 16.0 Å². The Balaban J connectivity index is 1.14. The third-order valence-corrected chi connectivity index (χ3v) is 7.08. The highest BCUT2D eigenvalue weighted by molar-refractivity contribution is 5.92. The van der Waals surface area contributed by atoms with E-state index in [0.29, 0.717) is 12.5 Å². The summed E-state index contributed by atoms with van der Waals surface area (Å²) < 4.78 is 0. The van der Waals surface area contributed by atoms with Crippen LogP contribution in [0.25, 0.3) is 10.9 Å². The number of nitrogens with zero attached hydrogens (tertiary/aromatic N) is 3. The summed E-state index contributed by atoms with van der Waals surface area (Å²) in [7, 11) is 0. The fourth-order valence-electron chi connectivity index (χ4n) is 4.94. The summed E-state index contributed by atoms with van der Waals surface area (Å²) in [6, 6.07) is 24.8. The number of carbonyl (C=O) groups is 1. The monoisotopic (exact) mass is 508 g/mol. The average molecular weight is 509 g/mol. The van der Waals surface area contributed by atoms with Gasteiger partial charge in [0, 0.05) is 36.6 Å². The predicted octanol–water partition coefficient (Wildman–Crippen LogP) is 5.83. The molecule has 1 amide bonds. The molecule has 0 saturated carbocycles. The van der Waals surface area contributed by atoms with E-state index in [1.54, 1.807) is 0 Å². The van der Waals surface area contributed by atoms with Crippen LogP contribution in [0.5, 0.6) is 0 Å². The second-order valence-corrected chi connectivity index (χ2v) is 10.0. The van der Waals surface area contributed by atoms with Crippen LogP contribution >= 0.6 is 0 Å². The van der Waals surface area contributed by atoms with Gasteiger partial charge < -0.3 is 16.0 Å². The Morgan fingerprint density at radius 2 is 1.68 bits per heavy atom. The fraction of sp³-hybridized carbons (Fsp3) is 0.323. The van der Waals surface area contributed by atoms with Crippen molar-refractivity contribution in [2.45, 2.75) is 39.8 Å². The lowest BCUT2D eigenvalue weighted by molar-refractivity contribution is -0.121. The lowest BCUT2D eigenvalue weighted by Crippen LogP contribution is -2.37. The number of hydrogen-bond donors (Lipinski definition) is 3. The van der Waals surface area contributed by atoms with Crippen molar-refractivity contribution in [1.29, 1.82) is 0 Å². The molecule has 1 aliphatic rings. The van der Waals surface area contributed by atoms with Gasteiger partial charge in [-0.3, -0.25) is 9.69 Å². The first-order chi connectivity index (χ1) is 18.6. The van der Waals surface area contributed by atoms with E-state index < -0.39 is 0 Å². The molecule has 1 fully saturated rings. The van der Waals surface area contributed by atoms with E-state index >= 15 is 0 Å². The number of likely N-dealkylation sites (tertiary alicyclic amines) is 1. The quantitative estimate of drug-likeness (QED) is 0.264. The Kier molecular flexibility index (Phi) is 8.14. The van der Waals surface area contributed by atoms with Crippen LogP contribution in [0.4, 0.5) is 17.5 Å². The first-order valence-corrected chi connectivity index (χ1v) is 13.5. The van der Waals surface area contributed by atoms with Gasteiger partial charge in [-0.1, -0.05) is 48.5 Å². The van der Waals surface area contributed by atoms with Gasteiger partial charge in [-0.05, 0) is 80.7 Å². The number of fused-ring (bicyclic) bond motifs is 1. The van der Waals surface area contributed by atoms with Crippen molar-refractivity contribution >= 4 is 34.3 Å². The normalized spacial score (nSPS) is 14.4. The van der Waals surface area contributed by atoms with Crippen LogP contribution in [-0.4, -0.2) is 40.4 Å². The van der Waals surface area contributed by atoms with Gasteiger partial charge in [0.15, 0.2) is 0 Å². The average Bonchev–Trinajstić information content (AvgIpc) is 2.93. The first kappa shape index (κ1) is 25.7. The molecule has 1 aliphatic heterocycles. The van der Waals surface area contributed by atoms with Gasteiger partial charge in [-0.25, -0.2) is 4.98 Å². The van der Waals surface area contributed by atoms with Crippen LogP contribution in [0, 0.1) is 12.8 Å². The van der Waals surface area contributed by atoms with Crippen LogP contribution in [0.15, 0.2) is 72.8 Å². The second kappa shape index (κ2) is 12.0. The smallest absolute Gasteiger partial charge is 0.227 e. The van der Waals surface area contributed by atoms with Crippen molar-refractivity contribution in [3.05, 3.63) is 89.5 Å². The Hall–Kier alpha value is -3.97. The number of aromatic nitrogens is 2. The number of nitrogens with one attached hydrogen (secondary N) is 3. The molecular weight excluding hydrogens is 472 g/mol. The maximum Gasteiger partial charge on any atom is 0.227 e. The molecule has 0 radical (unpaired) electrons. The second-order valence-electron chi connectivity index (χ2n) is 10.0. The van der Waals surface area contributed by atoms with E-state index in [1.165, 1.54) is 11.1 Å². The van der Waals surface area contributed by atoms with E-state index in [2.05, 4.69) is 80.2 Å². The minimum Gasteiger partial charge on any atom is -0.365 e. The number of aryl methyl sites for hydroxylation is 1. The molecule has 3 aromatic carbocycles. The van der Waals surface area contributed by atoms with Crippen LogP contribution in [0.1, 0.15) is 36.5 Å². The summed E-state index contributed by atoms with van der Waals surface area (Å²) in [6.07, 6.45) is 1.78. The first-order valence-electron chi connectivity index (χ1n) is 13.5. The number of hydrogen-bond acceptors (Lipinski definition) is 6. The van der Waals surface area contributed by atoms with E-state index in [1.807, 2.05) is 37.3 Å². The maximum atomic E-state index is 12.9. The molecule has 1 aromatic heterocycles. The highest BCUT2D eigenvalue weighted by Gasteiger charge is 2.25.